The van der Waals surface area contributed by atoms with Crippen molar-refractivity contribution in [3.8, 4) is 11.5 Å². The summed E-state index contributed by atoms with van der Waals surface area (Å²) >= 11 is 3.20. The number of esters is 1. The lowest BCUT2D eigenvalue weighted by atomic mass is 10.3. The number of aromatic nitrogens is 2. The van der Waals surface area contributed by atoms with Crippen LogP contribution in [0.5, 0.6) is 0 Å². The maximum absolute atomic E-state index is 11.3. The zero-order valence-electron chi connectivity index (χ0n) is 11.4. The average Bonchev–Trinajstić information content (AvgIpc) is 3.07. The first-order valence-corrected chi connectivity index (χ1v) is 8.30. The van der Waals surface area contributed by atoms with Crippen molar-refractivity contribution in [3.05, 3.63) is 22.7 Å². The third kappa shape index (κ3) is 4.35. The van der Waals surface area contributed by atoms with Crippen LogP contribution in [0.3, 0.4) is 0 Å². The number of rotatable bonds is 7. The number of thiophene rings is 1. The summed E-state index contributed by atoms with van der Waals surface area (Å²) in [4.78, 5) is 15.7. The molecule has 2 aromatic heterocycles. The molecule has 108 valence electrons. The Kier molecular flexibility index (Phi) is 5.60. The van der Waals surface area contributed by atoms with E-state index in [9.17, 15) is 4.79 Å². The molecule has 0 radical (unpaired) electrons. The molecule has 1 atom stereocenters. The van der Waals surface area contributed by atoms with Crippen LogP contribution in [-0.4, -0.2) is 28.0 Å². The lowest BCUT2D eigenvalue weighted by Crippen LogP contribution is -2.10. The van der Waals surface area contributed by atoms with Crippen molar-refractivity contribution in [1.29, 1.82) is 0 Å². The Bertz CT molecular complexity index is 540. The molecular formula is C13H16N2O3S2. The van der Waals surface area contributed by atoms with E-state index in [1.165, 1.54) is 0 Å². The predicted molar refractivity (Wildman–Crippen MR) is 79.6 cm³/mol. The number of ether oxygens (including phenoxy) is 1. The van der Waals surface area contributed by atoms with Gasteiger partial charge in [0, 0.05) is 10.6 Å². The van der Waals surface area contributed by atoms with Crippen LogP contribution in [0, 0.1) is 0 Å². The highest BCUT2D eigenvalue weighted by molar-refractivity contribution is 7.99. The van der Waals surface area contributed by atoms with Gasteiger partial charge in [0.1, 0.15) is 0 Å². The van der Waals surface area contributed by atoms with Gasteiger partial charge in [0.05, 0.1) is 24.3 Å². The topological polar surface area (TPSA) is 65.2 Å². The minimum atomic E-state index is -0.167. The van der Waals surface area contributed by atoms with Gasteiger partial charge in [0.2, 0.25) is 0 Å². The summed E-state index contributed by atoms with van der Waals surface area (Å²) in [6, 6.07) is 1.94. The van der Waals surface area contributed by atoms with E-state index in [0.717, 1.165) is 5.56 Å². The van der Waals surface area contributed by atoms with Gasteiger partial charge in [-0.3, -0.25) is 4.79 Å². The molecule has 2 aromatic rings. The molecule has 0 N–H and O–H groups in total. The van der Waals surface area contributed by atoms with Crippen molar-refractivity contribution in [2.75, 3.05) is 6.61 Å². The Hall–Kier alpha value is -1.34. The maximum atomic E-state index is 11.3. The van der Waals surface area contributed by atoms with E-state index in [0.29, 0.717) is 30.5 Å². The molecule has 0 unspecified atom stereocenters. The Morgan fingerprint density at radius 1 is 1.60 bits per heavy atom. The van der Waals surface area contributed by atoms with E-state index in [-0.39, 0.29) is 11.2 Å². The van der Waals surface area contributed by atoms with Crippen molar-refractivity contribution < 1.29 is 14.1 Å². The van der Waals surface area contributed by atoms with E-state index in [1.54, 1.807) is 30.0 Å². The van der Waals surface area contributed by atoms with Gasteiger partial charge in [0.15, 0.2) is 5.82 Å². The first-order chi connectivity index (χ1) is 9.69. The minimum Gasteiger partial charge on any atom is -0.466 e. The highest BCUT2D eigenvalue weighted by Crippen LogP contribution is 2.23. The molecule has 0 amide bonds. The Morgan fingerprint density at radius 3 is 3.15 bits per heavy atom. The van der Waals surface area contributed by atoms with Crippen LogP contribution in [0.1, 0.15) is 26.1 Å². The van der Waals surface area contributed by atoms with Gasteiger partial charge in [-0.15, -0.1) is 11.8 Å². The second kappa shape index (κ2) is 7.44. The van der Waals surface area contributed by atoms with Gasteiger partial charge in [-0.2, -0.15) is 16.3 Å². The SMILES string of the molecule is CCOC(=O)C[C@H](C)SCc1noc(-c2ccsc2)n1. The average molecular weight is 312 g/mol. The fourth-order valence-corrected chi connectivity index (χ4v) is 2.98. The smallest absolute Gasteiger partial charge is 0.306 e. The van der Waals surface area contributed by atoms with Crippen molar-refractivity contribution in [2.24, 2.45) is 0 Å². The highest BCUT2D eigenvalue weighted by atomic mass is 32.2. The molecule has 2 rings (SSSR count). The molecule has 0 aromatic carbocycles. The fraction of sp³-hybridized carbons (Fsp3) is 0.462. The van der Waals surface area contributed by atoms with Gasteiger partial charge in [0.25, 0.3) is 5.89 Å². The number of carbonyl (C=O) groups is 1. The Labute approximate surface area is 125 Å². The van der Waals surface area contributed by atoms with Gasteiger partial charge >= 0.3 is 5.97 Å². The molecule has 0 aliphatic rings. The van der Waals surface area contributed by atoms with Crippen LogP contribution in [0.4, 0.5) is 0 Å². The standard InChI is InChI=1S/C13H16N2O3S2/c1-3-17-12(16)6-9(2)20-8-11-14-13(18-15-11)10-4-5-19-7-10/h4-5,7,9H,3,6,8H2,1-2H3/t9-/m0/s1. The molecule has 2 heterocycles. The van der Waals surface area contributed by atoms with E-state index in [1.807, 2.05) is 23.8 Å². The zero-order chi connectivity index (χ0) is 14.4. The van der Waals surface area contributed by atoms with E-state index < -0.39 is 0 Å². The summed E-state index contributed by atoms with van der Waals surface area (Å²) in [5.41, 5.74) is 0.943. The summed E-state index contributed by atoms with van der Waals surface area (Å²) in [7, 11) is 0. The van der Waals surface area contributed by atoms with E-state index in [4.69, 9.17) is 9.26 Å². The number of nitrogens with zero attached hydrogens (tertiary/aromatic N) is 2. The summed E-state index contributed by atoms with van der Waals surface area (Å²) in [5, 5.41) is 8.04. The molecule has 0 spiro atoms. The third-order valence-electron chi connectivity index (χ3n) is 2.49. The normalized spacial score (nSPS) is 12.3. The number of thioether (sulfide) groups is 1. The van der Waals surface area contributed by atoms with Crippen LogP contribution in [-0.2, 0) is 15.3 Å². The number of hydrogen-bond acceptors (Lipinski definition) is 7. The maximum Gasteiger partial charge on any atom is 0.306 e. The van der Waals surface area contributed by atoms with Crippen LogP contribution in [0.2, 0.25) is 0 Å². The highest BCUT2D eigenvalue weighted by Gasteiger charge is 2.13. The zero-order valence-corrected chi connectivity index (χ0v) is 13.0. The molecule has 0 saturated heterocycles. The number of carbonyl (C=O) groups excluding carboxylic acids is 1. The first-order valence-electron chi connectivity index (χ1n) is 6.31. The van der Waals surface area contributed by atoms with Crippen molar-refractivity contribution >= 4 is 29.1 Å². The molecule has 0 saturated carbocycles. The predicted octanol–water partition coefficient (Wildman–Crippen LogP) is 3.37. The summed E-state index contributed by atoms with van der Waals surface area (Å²) in [5.74, 6) is 1.64. The fourth-order valence-electron chi connectivity index (χ4n) is 1.55. The van der Waals surface area contributed by atoms with Gasteiger partial charge < -0.3 is 9.26 Å². The van der Waals surface area contributed by atoms with Gasteiger partial charge in [-0.1, -0.05) is 12.1 Å². The Morgan fingerprint density at radius 2 is 2.45 bits per heavy atom. The Balaban J connectivity index is 1.81. The quantitative estimate of drug-likeness (QED) is 0.730. The minimum absolute atomic E-state index is 0.164. The molecule has 20 heavy (non-hydrogen) atoms. The van der Waals surface area contributed by atoms with Crippen molar-refractivity contribution in [3.63, 3.8) is 0 Å². The number of hydrogen-bond donors (Lipinski definition) is 0. The van der Waals surface area contributed by atoms with Gasteiger partial charge in [-0.25, -0.2) is 0 Å². The van der Waals surface area contributed by atoms with Crippen LogP contribution in [0.25, 0.3) is 11.5 Å². The molecule has 0 fully saturated rings. The second-order valence-corrected chi connectivity index (χ2v) is 6.37. The third-order valence-corrected chi connectivity index (χ3v) is 4.34. The molecule has 0 bridgehead atoms. The summed E-state index contributed by atoms with van der Waals surface area (Å²) in [6.45, 7) is 4.22. The van der Waals surface area contributed by atoms with E-state index >= 15 is 0 Å². The monoisotopic (exact) mass is 312 g/mol. The second-order valence-electron chi connectivity index (χ2n) is 4.16. The first kappa shape index (κ1) is 15.1. The molecule has 0 aliphatic heterocycles. The molecule has 0 aliphatic carbocycles. The largest absolute Gasteiger partial charge is 0.466 e. The van der Waals surface area contributed by atoms with Crippen molar-refractivity contribution in [2.45, 2.75) is 31.3 Å². The van der Waals surface area contributed by atoms with Gasteiger partial charge in [-0.05, 0) is 18.4 Å². The summed E-state index contributed by atoms with van der Waals surface area (Å²) < 4.78 is 10.1. The van der Waals surface area contributed by atoms with Crippen LogP contribution < -0.4 is 0 Å². The van der Waals surface area contributed by atoms with E-state index in [2.05, 4.69) is 10.1 Å². The molecule has 5 nitrogen and oxygen atoms in total. The summed E-state index contributed by atoms with van der Waals surface area (Å²) in [6.07, 6.45) is 0.397. The van der Waals surface area contributed by atoms with Crippen molar-refractivity contribution in [1.82, 2.24) is 10.1 Å². The van der Waals surface area contributed by atoms with Crippen LogP contribution in [0.15, 0.2) is 21.3 Å². The molecular weight excluding hydrogens is 296 g/mol. The molecule has 7 heteroatoms. The van der Waals surface area contributed by atoms with Crippen LogP contribution >= 0.6 is 23.1 Å². The lowest BCUT2D eigenvalue weighted by Gasteiger charge is -2.08. The lowest BCUT2D eigenvalue weighted by molar-refractivity contribution is -0.142.